The summed E-state index contributed by atoms with van der Waals surface area (Å²) in [6, 6.07) is 9.57. The molecule has 2 rings (SSSR count). The standard InChI is InChI=1S/C19H31NS/c1-3-21-15-19(13-17-9-5-4-6-10-17)20-14-18-11-7-8-16(2)12-18/h7-8,11-12,17,19-20H,3-6,9-10,13-15H2,1-2H3. The lowest BCUT2D eigenvalue weighted by Gasteiger charge is -2.27. The lowest BCUT2D eigenvalue weighted by molar-refractivity contribution is 0.306. The SMILES string of the molecule is CCSCC(CC1CCCCC1)NCc1cccc(C)c1. The molecule has 0 radical (unpaired) electrons. The lowest BCUT2D eigenvalue weighted by atomic mass is 9.85. The third-order valence-electron chi connectivity index (χ3n) is 4.54. The van der Waals surface area contributed by atoms with Crippen LogP contribution in [0, 0.1) is 12.8 Å². The van der Waals surface area contributed by atoms with Gasteiger partial charge in [-0.15, -0.1) is 0 Å². The first-order valence-corrected chi connectivity index (χ1v) is 9.80. The van der Waals surface area contributed by atoms with Crippen molar-refractivity contribution < 1.29 is 0 Å². The minimum absolute atomic E-state index is 0.679. The molecule has 118 valence electrons. The molecule has 0 saturated heterocycles. The van der Waals surface area contributed by atoms with Gasteiger partial charge >= 0.3 is 0 Å². The zero-order valence-corrected chi connectivity index (χ0v) is 14.6. The molecule has 1 unspecified atom stereocenters. The van der Waals surface area contributed by atoms with E-state index in [9.17, 15) is 0 Å². The highest BCUT2D eigenvalue weighted by Gasteiger charge is 2.18. The Kier molecular flexibility index (Phi) is 7.66. The van der Waals surface area contributed by atoms with Crippen LogP contribution in [0.15, 0.2) is 24.3 Å². The van der Waals surface area contributed by atoms with E-state index in [1.165, 1.54) is 61.2 Å². The van der Waals surface area contributed by atoms with Crippen molar-refractivity contribution >= 4 is 11.8 Å². The van der Waals surface area contributed by atoms with Gasteiger partial charge in [0.2, 0.25) is 0 Å². The van der Waals surface area contributed by atoms with Gasteiger partial charge in [0.05, 0.1) is 0 Å². The van der Waals surface area contributed by atoms with Gasteiger partial charge in [-0.05, 0) is 30.6 Å². The highest BCUT2D eigenvalue weighted by atomic mass is 32.2. The van der Waals surface area contributed by atoms with Gasteiger partial charge in [-0.2, -0.15) is 11.8 Å². The van der Waals surface area contributed by atoms with E-state index in [0.717, 1.165) is 12.5 Å². The molecule has 0 bridgehead atoms. The monoisotopic (exact) mass is 305 g/mol. The van der Waals surface area contributed by atoms with Crippen LogP contribution < -0.4 is 5.32 Å². The summed E-state index contributed by atoms with van der Waals surface area (Å²) in [7, 11) is 0. The Morgan fingerprint density at radius 3 is 2.76 bits per heavy atom. The summed E-state index contributed by atoms with van der Waals surface area (Å²) >= 11 is 2.08. The van der Waals surface area contributed by atoms with Crippen LogP contribution in [0.2, 0.25) is 0 Å². The van der Waals surface area contributed by atoms with Gasteiger partial charge in [0.25, 0.3) is 0 Å². The Morgan fingerprint density at radius 1 is 1.24 bits per heavy atom. The molecule has 0 aliphatic heterocycles. The summed E-state index contributed by atoms with van der Waals surface area (Å²) in [6.07, 6.45) is 8.66. The maximum absolute atomic E-state index is 3.82. The number of rotatable bonds is 8. The molecule has 0 heterocycles. The van der Waals surface area contributed by atoms with Crippen LogP contribution in [0.1, 0.15) is 56.6 Å². The molecule has 2 heteroatoms. The fraction of sp³-hybridized carbons (Fsp3) is 0.684. The molecule has 1 aliphatic carbocycles. The summed E-state index contributed by atoms with van der Waals surface area (Å²) in [6.45, 7) is 5.46. The number of thioether (sulfide) groups is 1. The van der Waals surface area contributed by atoms with E-state index in [1.54, 1.807) is 0 Å². The van der Waals surface area contributed by atoms with E-state index in [-0.39, 0.29) is 0 Å². The molecule has 0 spiro atoms. The summed E-state index contributed by atoms with van der Waals surface area (Å²) < 4.78 is 0. The van der Waals surface area contributed by atoms with E-state index in [0.29, 0.717) is 6.04 Å². The maximum atomic E-state index is 3.82. The molecule has 1 aromatic rings. The van der Waals surface area contributed by atoms with Crippen molar-refractivity contribution in [1.29, 1.82) is 0 Å². The van der Waals surface area contributed by atoms with Gasteiger partial charge in [0.1, 0.15) is 0 Å². The number of hydrogen-bond acceptors (Lipinski definition) is 2. The molecule has 1 nitrogen and oxygen atoms in total. The van der Waals surface area contributed by atoms with Gasteiger partial charge in [-0.1, -0.05) is 68.9 Å². The van der Waals surface area contributed by atoms with E-state index < -0.39 is 0 Å². The molecule has 1 atom stereocenters. The smallest absolute Gasteiger partial charge is 0.0208 e. The first-order chi connectivity index (χ1) is 10.3. The van der Waals surface area contributed by atoms with E-state index in [1.807, 2.05) is 0 Å². The van der Waals surface area contributed by atoms with Crippen LogP contribution in [-0.4, -0.2) is 17.5 Å². The van der Waals surface area contributed by atoms with E-state index in [2.05, 4.69) is 55.2 Å². The zero-order valence-electron chi connectivity index (χ0n) is 13.7. The van der Waals surface area contributed by atoms with Crippen molar-refractivity contribution in [1.82, 2.24) is 5.32 Å². The van der Waals surface area contributed by atoms with Gasteiger partial charge in [0, 0.05) is 18.3 Å². The predicted molar refractivity (Wildman–Crippen MR) is 96.0 cm³/mol. The lowest BCUT2D eigenvalue weighted by Crippen LogP contribution is -2.33. The van der Waals surface area contributed by atoms with Crippen molar-refractivity contribution in [2.75, 3.05) is 11.5 Å². The van der Waals surface area contributed by atoms with Crippen molar-refractivity contribution in [3.8, 4) is 0 Å². The fourth-order valence-electron chi connectivity index (χ4n) is 3.38. The van der Waals surface area contributed by atoms with E-state index >= 15 is 0 Å². The summed E-state index contributed by atoms with van der Waals surface area (Å²) in [5.41, 5.74) is 2.78. The molecule has 0 amide bonds. The highest BCUT2D eigenvalue weighted by molar-refractivity contribution is 7.99. The minimum atomic E-state index is 0.679. The third kappa shape index (κ3) is 6.44. The van der Waals surface area contributed by atoms with Crippen LogP contribution >= 0.6 is 11.8 Å². The zero-order chi connectivity index (χ0) is 14.9. The first kappa shape index (κ1) is 16.9. The topological polar surface area (TPSA) is 12.0 Å². The molecular formula is C19H31NS. The normalized spacial score (nSPS) is 17.8. The number of nitrogens with one attached hydrogen (secondary N) is 1. The third-order valence-corrected chi connectivity index (χ3v) is 5.59. The Labute approximate surface area is 135 Å². The van der Waals surface area contributed by atoms with Crippen LogP contribution in [0.4, 0.5) is 0 Å². The number of aryl methyl sites for hydroxylation is 1. The van der Waals surface area contributed by atoms with Crippen molar-refractivity contribution in [3.63, 3.8) is 0 Å². The highest BCUT2D eigenvalue weighted by Crippen LogP contribution is 2.28. The van der Waals surface area contributed by atoms with Gasteiger partial charge in [-0.25, -0.2) is 0 Å². The predicted octanol–water partition coefficient (Wildman–Crippen LogP) is 5.18. The summed E-state index contributed by atoms with van der Waals surface area (Å²) in [5, 5.41) is 3.82. The van der Waals surface area contributed by atoms with Gasteiger partial charge < -0.3 is 5.32 Å². The number of benzene rings is 1. The van der Waals surface area contributed by atoms with Crippen LogP contribution in [0.3, 0.4) is 0 Å². The molecule has 1 fully saturated rings. The van der Waals surface area contributed by atoms with Gasteiger partial charge in [0.15, 0.2) is 0 Å². The Morgan fingerprint density at radius 2 is 2.05 bits per heavy atom. The van der Waals surface area contributed by atoms with Crippen LogP contribution in [0.25, 0.3) is 0 Å². The Hall–Kier alpha value is -0.470. The second-order valence-corrected chi connectivity index (χ2v) is 7.79. The number of hydrogen-bond donors (Lipinski definition) is 1. The summed E-state index contributed by atoms with van der Waals surface area (Å²) in [4.78, 5) is 0. The molecule has 0 aromatic heterocycles. The second kappa shape index (κ2) is 9.53. The quantitative estimate of drug-likeness (QED) is 0.710. The summed E-state index contributed by atoms with van der Waals surface area (Å²) in [5.74, 6) is 3.46. The molecule has 1 aliphatic rings. The Bertz CT molecular complexity index is 398. The largest absolute Gasteiger partial charge is 0.309 e. The van der Waals surface area contributed by atoms with Crippen molar-refractivity contribution in [2.24, 2.45) is 5.92 Å². The minimum Gasteiger partial charge on any atom is -0.309 e. The average molecular weight is 306 g/mol. The first-order valence-electron chi connectivity index (χ1n) is 8.64. The second-order valence-electron chi connectivity index (χ2n) is 6.47. The molecule has 21 heavy (non-hydrogen) atoms. The van der Waals surface area contributed by atoms with Gasteiger partial charge in [-0.3, -0.25) is 0 Å². The molecule has 1 saturated carbocycles. The molecule has 1 N–H and O–H groups in total. The Balaban J connectivity index is 1.83. The fourth-order valence-corrected chi connectivity index (χ4v) is 4.15. The average Bonchev–Trinajstić information content (AvgIpc) is 2.51. The van der Waals surface area contributed by atoms with E-state index in [4.69, 9.17) is 0 Å². The van der Waals surface area contributed by atoms with Crippen LogP contribution in [0.5, 0.6) is 0 Å². The molecule has 1 aromatic carbocycles. The molecular weight excluding hydrogens is 274 g/mol. The van der Waals surface area contributed by atoms with Crippen molar-refractivity contribution in [2.45, 2.75) is 65.0 Å². The van der Waals surface area contributed by atoms with Crippen LogP contribution in [-0.2, 0) is 6.54 Å². The van der Waals surface area contributed by atoms with Crippen molar-refractivity contribution in [3.05, 3.63) is 35.4 Å². The maximum Gasteiger partial charge on any atom is 0.0208 e.